The summed E-state index contributed by atoms with van der Waals surface area (Å²) < 4.78 is 15.1. The molecule has 0 aliphatic rings. The molecule has 20 heavy (non-hydrogen) atoms. The second-order valence-electron chi connectivity index (χ2n) is 5.38. The number of nitrogens with zero attached hydrogens (tertiary/aromatic N) is 1. The Morgan fingerprint density at radius 3 is 1.50 bits per heavy atom. The summed E-state index contributed by atoms with van der Waals surface area (Å²) in [6.45, 7) is 14.8. The summed E-state index contributed by atoms with van der Waals surface area (Å²) >= 11 is 0. The average molecular weight is 304 g/mol. The highest BCUT2D eigenvalue weighted by atomic mass is 28.4. The van der Waals surface area contributed by atoms with Crippen LogP contribution in [0.15, 0.2) is 0 Å². The van der Waals surface area contributed by atoms with Gasteiger partial charge in [0.2, 0.25) is 0 Å². The molecule has 0 aliphatic heterocycles. The third-order valence-electron chi connectivity index (χ3n) is 3.63. The maximum atomic E-state index is 6.27. The highest BCUT2D eigenvalue weighted by Crippen LogP contribution is 2.23. The summed E-state index contributed by atoms with van der Waals surface area (Å²) in [6, 6.07) is 1.11. The second kappa shape index (κ2) is 12.8. The van der Waals surface area contributed by atoms with Gasteiger partial charge in [0.25, 0.3) is 0 Å². The number of rotatable bonds is 14. The van der Waals surface area contributed by atoms with Gasteiger partial charge in [-0.3, -0.25) is 4.57 Å². The predicted octanol–water partition coefficient (Wildman–Crippen LogP) is 4.70. The predicted molar refractivity (Wildman–Crippen MR) is 90.1 cm³/mol. The van der Waals surface area contributed by atoms with Crippen molar-refractivity contribution in [3.63, 3.8) is 0 Å². The zero-order chi connectivity index (χ0) is 15.3. The van der Waals surface area contributed by atoms with E-state index in [1.54, 1.807) is 0 Å². The van der Waals surface area contributed by atoms with Crippen LogP contribution < -0.4 is 0 Å². The highest BCUT2D eigenvalue weighted by Gasteiger charge is 2.43. The molecule has 122 valence electrons. The fourth-order valence-corrected chi connectivity index (χ4v) is 6.28. The lowest BCUT2D eigenvalue weighted by Crippen LogP contribution is -2.59. The molecule has 0 fully saturated rings. The maximum absolute atomic E-state index is 6.27. The lowest BCUT2D eigenvalue weighted by molar-refractivity contribution is 0.117. The molecule has 0 rings (SSSR count). The van der Waals surface area contributed by atoms with Gasteiger partial charge in [0.05, 0.1) is 0 Å². The fraction of sp³-hybridized carbons (Fsp3) is 1.00. The Morgan fingerprint density at radius 2 is 1.15 bits per heavy atom. The summed E-state index contributed by atoms with van der Waals surface area (Å²) in [5.74, 6) is 0. The molecule has 3 nitrogen and oxygen atoms in total. The second-order valence-corrected chi connectivity index (χ2v) is 8.51. The van der Waals surface area contributed by atoms with Gasteiger partial charge in [0.1, 0.15) is 0 Å². The van der Waals surface area contributed by atoms with E-state index >= 15 is 0 Å². The SMILES string of the molecule is CCCCN(CCCC)[Si](CCCC)(OCC)OCC. The first-order valence-electron chi connectivity index (χ1n) is 8.73. The molecule has 0 saturated carbocycles. The van der Waals surface area contributed by atoms with Crippen molar-refractivity contribution in [2.45, 2.75) is 79.2 Å². The minimum atomic E-state index is -2.19. The molecular formula is C16H37NO2Si. The van der Waals surface area contributed by atoms with Crippen LogP contribution in [0.4, 0.5) is 0 Å². The van der Waals surface area contributed by atoms with Crippen LogP contribution in [0.2, 0.25) is 6.04 Å². The number of unbranched alkanes of at least 4 members (excludes halogenated alkanes) is 3. The first-order valence-corrected chi connectivity index (χ1v) is 10.7. The normalized spacial score (nSPS) is 12.3. The zero-order valence-corrected chi connectivity index (χ0v) is 15.5. The van der Waals surface area contributed by atoms with Crippen LogP contribution in [-0.4, -0.2) is 39.6 Å². The van der Waals surface area contributed by atoms with Crippen LogP contribution in [0.1, 0.15) is 73.1 Å². The monoisotopic (exact) mass is 303 g/mol. The van der Waals surface area contributed by atoms with Crippen molar-refractivity contribution in [2.24, 2.45) is 0 Å². The van der Waals surface area contributed by atoms with E-state index in [-0.39, 0.29) is 0 Å². The van der Waals surface area contributed by atoms with Crippen molar-refractivity contribution >= 4 is 8.72 Å². The van der Waals surface area contributed by atoms with E-state index in [1.165, 1.54) is 38.5 Å². The zero-order valence-electron chi connectivity index (χ0n) is 14.5. The molecule has 0 aromatic rings. The van der Waals surface area contributed by atoms with Crippen molar-refractivity contribution in [2.75, 3.05) is 26.3 Å². The van der Waals surface area contributed by atoms with Gasteiger partial charge in [-0.2, -0.15) is 0 Å². The molecule has 0 amide bonds. The van der Waals surface area contributed by atoms with Crippen LogP contribution in [0, 0.1) is 0 Å². The van der Waals surface area contributed by atoms with Crippen molar-refractivity contribution < 1.29 is 8.85 Å². The number of hydrogen-bond donors (Lipinski definition) is 0. The van der Waals surface area contributed by atoms with Crippen LogP contribution in [0.25, 0.3) is 0 Å². The van der Waals surface area contributed by atoms with Crippen LogP contribution in [0.5, 0.6) is 0 Å². The Balaban J connectivity index is 4.98. The van der Waals surface area contributed by atoms with E-state index in [4.69, 9.17) is 8.85 Å². The van der Waals surface area contributed by atoms with Gasteiger partial charge in [-0.15, -0.1) is 0 Å². The van der Waals surface area contributed by atoms with E-state index in [2.05, 4.69) is 39.2 Å². The van der Waals surface area contributed by atoms with Crippen molar-refractivity contribution in [3.8, 4) is 0 Å². The average Bonchev–Trinajstić information content (AvgIpc) is 2.45. The smallest absolute Gasteiger partial charge is 0.383 e. The van der Waals surface area contributed by atoms with Gasteiger partial charge in [-0.25, -0.2) is 0 Å². The van der Waals surface area contributed by atoms with Crippen molar-refractivity contribution in [1.29, 1.82) is 0 Å². The van der Waals surface area contributed by atoms with E-state index in [9.17, 15) is 0 Å². The molecule has 4 heteroatoms. The summed E-state index contributed by atoms with van der Waals surface area (Å²) in [4.78, 5) is 0. The Morgan fingerprint density at radius 1 is 0.700 bits per heavy atom. The fourth-order valence-electron chi connectivity index (χ4n) is 2.53. The number of hydrogen-bond acceptors (Lipinski definition) is 3. The van der Waals surface area contributed by atoms with Crippen LogP contribution in [0.3, 0.4) is 0 Å². The van der Waals surface area contributed by atoms with Gasteiger partial charge >= 0.3 is 8.72 Å². The molecule has 0 unspecified atom stereocenters. The summed E-state index contributed by atoms with van der Waals surface area (Å²) in [5.41, 5.74) is 0. The van der Waals surface area contributed by atoms with E-state index < -0.39 is 8.72 Å². The molecule has 0 aromatic carbocycles. The third kappa shape index (κ3) is 7.20. The third-order valence-corrected chi connectivity index (χ3v) is 7.51. The Hall–Kier alpha value is 0.0969. The molecule has 0 N–H and O–H groups in total. The summed E-state index contributed by atoms with van der Waals surface area (Å²) in [5, 5.41) is 0. The first kappa shape index (κ1) is 20.1. The van der Waals surface area contributed by atoms with E-state index in [0.29, 0.717) is 0 Å². The highest BCUT2D eigenvalue weighted by molar-refractivity contribution is 6.64. The Labute approximate surface area is 128 Å². The van der Waals surface area contributed by atoms with Crippen LogP contribution >= 0.6 is 0 Å². The van der Waals surface area contributed by atoms with E-state index in [0.717, 1.165) is 32.3 Å². The maximum Gasteiger partial charge on any atom is 0.427 e. The standard InChI is InChI=1S/C16H37NO2Si/c1-6-11-14-17(15-12-7-2)20(18-9-4,19-10-5)16-13-8-3/h6-16H2,1-5H3. The molecule has 0 aromatic heterocycles. The van der Waals surface area contributed by atoms with Gasteiger partial charge in [-0.1, -0.05) is 46.5 Å². The van der Waals surface area contributed by atoms with Gasteiger partial charge < -0.3 is 8.85 Å². The molecule has 0 atom stereocenters. The van der Waals surface area contributed by atoms with Crippen molar-refractivity contribution in [3.05, 3.63) is 0 Å². The summed E-state index contributed by atoms with van der Waals surface area (Å²) in [6.07, 6.45) is 7.37. The lowest BCUT2D eigenvalue weighted by atomic mass is 10.3. The Bertz CT molecular complexity index is 201. The van der Waals surface area contributed by atoms with Crippen molar-refractivity contribution in [1.82, 2.24) is 4.57 Å². The molecular weight excluding hydrogens is 266 g/mol. The molecule has 0 radical (unpaired) electrons. The van der Waals surface area contributed by atoms with E-state index in [1.807, 2.05) is 0 Å². The molecule has 0 heterocycles. The molecule has 0 spiro atoms. The lowest BCUT2D eigenvalue weighted by Gasteiger charge is -2.40. The Kier molecular flexibility index (Phi) is 12.9. The molecule has 0 saturated heterocycles. The molecule has 0 bridgehead atoms. The molecule has 0 aliphatic carbocycles. The van der Waals surface area contributed by atoms with Crippen LogP contribution in [-0.2, 0) is 8.85 Å². The van der Waals surface area contributed by atoms with Gasteiger partial charge in [0.15, 0.2) is 0 Å². The minimum Gasteiger partial charge on any atom is -0.383 e. The summed E-state index contributed by atoms with van der Waals surface area (Å²) in [7, 11) is -2.19. The topological polar surface area (TPSA) is 21.7 Å². The van der Waals surface area contributed by atoms with Gasteiger partial charge in [-0.05, 0) is 39.8 Å². The van der Waals surface area contributed by atoms with Gasteiger partial charge in [0, 0.05) is 19.3 Å². The quantitative estimate of drug-likeness (QED) is 0.434. The minimum absolute atomic E-state index is 0.769. The first-order chi connectivity index (χ1) is 9.70. The largest absolute Gasteiger partial charge is 0.427 e.